The smallest absolute Gasteiger partial charge is 0.192 e. The summed E-state index contributed by atoms with van der Waals surface area (Å²) in [7, 11) is -0.139. The Morgan fingerprint density at radius 1 is 0.833 bits per heavy atom. The largest absolute Gasteiger partial charge is 0.263 e. The summed E-state index contributed by atoms with van der Waals surface area (Å²) < 4.78 is 5.63. The Balaban J connectivity index is 2.15. The third-order valence-corrected chi connectivity index (χ3v) is 2.71. The minimum atomic E-state index is -0.139. The highest BCUT2D eigenvalue weighted by molar-refractivity contribution is 7.23. The lowest BCUT2D eigenvalue weighted by Crippen LogP contribution is -1.77. The molecule has 0 N–H and O–H groups in total. The summed E-state index contributed by atoms with van der Waals surface area (Å²) in [6, 6.07) is 13.9. The summed E-state index contributed by atoms with van der Waals surface area (Å²) in [6.45, 7) is 0. The van der Waals surface area contributed by atoms with Crippen LogP contribution in [0, 0.1) is 0 Å². The Labute approximate surface area is 74.4 Å². The van der Waals surface area contributed by atoms with Gasteiger partial charge < -0.3 is 0 Å². The topological polar surface area (TPSA) is 9.23 Å². The monoisotopic (exact) mass is 177 g/mol. The lowest BCUT2D eigenvalue weighted by molar-refractivity contribution is 0.628. The molecule has 2 heteroatoms. The first-order chi connectivity index (χ1) is 5.95. The van der Waals surface area contributed by atoms with Crippen molar-refractivity contribution in [3.63, 3.8) is 0 Å². The fraction of sp³-hybridized carbons (Fsp3) is 0. The van der Waals surface area contributed by atoms with Gasteiger partial charge in [-0.15, -0.1) is 0 Å². The number of hydrogen-bond acceptors (Lipinski definition) is 1. The van der Waals surface area contributed by atoms with Crippen molar-refractivity contribution in [3.8, 4) is 5.75 Å². The van der Waals surface area contributed by atoms with Crippen molar-refractivity contribution in [2.75, 3.05) is 0 Å². The third-order valence-electron chi connectivity index (χ3n) is 1.47. The van der Waals surface area contributed by atoms with Crippen LogP contribution in [0.5, 0.6) is 5.75 Å². The van der Waals surface area contributed by atoms with Gasteiger partial charge in [0.05, 0.1) is 0 Å². The van der Waals surface area contributed by atoms with E-state index in [2.05, 4.69) is 0 Å². The number of para-hydroxylation sites is 1. The van der Waals surface area contributed by atoms with Gasteiger partial charge in [-0.3, -0.25) is 4.18 Å². The van der Waals surface area contributed by atoms with E-state index >= 15 is 0 Å². The molecule has 0 atom stereocenters. The first-order valence-corrected chi connectivity index (χ1v) is 5.03. The van der Waals surface area contributed by atoms with E-state index in [0.29, 0.717) is 0 Å². The van der Waals surface area contributed by atoms with Gasteiger partial charge in [-0.1, -0.05) is 18.2 Å². The van der Waals surface area contributed by atoms with Crippen LogP contribution in [0.4, 0.5) is 0 Å². The van der Waals surface area contributed by atoms with Gasteiger partial charge in [0.2, 0.25) is 0 Å². The SMILES string of the molecule is c1ccc(O[s+]2cccc2)cc1. The highest BCUT2D eigenvalue weighted by Crippen LogP contribution is 2.22. The van der Waals surface area contributed by atoms with Crippen LogP contribution < -0.4 is 4.18 Å². The Bertz CT molecular complexity index is 326. The van der Waals surface area contributed by atoms with Crippen LogP contribution in [0.15, 0.2) is 53.2 Å². The second-order valence-electron chi connectivity index (χ2n) is 2.38. The van der Waals surface area contributed by atoms with Crippen molar-refractivity contribution in [3.05, 3.63) is 53.2 Å². The van der Waals surface area contributed by atoms with Crippen molar-refractivity contribution >= 4 is 10.8 Å². The number of hydrogen-bond donors (Lipinski definition) is 0. The van der Waals surface area contributed by atoms with E-state index in [-0.39, 0.29) is 10.8 Å². The van der Waals surface area contributed by atoms with E-state index < -0.39 is 0 Å². The van der Waals surface area contributed by atoms with Crippen molar-refractivity contribution in [2.24, 2.45) is 0 Å². The maximum atomic E-state index is 5.63. The van der Waals surface area contributed by atoms with E-state index in [0.717, 1.165) is 5.75 Å². The van der Waals surface area contributed by atoms with Gasteiger partial charge in [0, 0.05) is 0 Å². The number of rotatable bonds is 2. The van der Waals surface area contributed by atoms with Gasteiger partial charge in [-0.25, -0.2) is 0 Å². The molecular formula is C10H9OS+. The Morgan fingerprint density at radius 3 is 2.17 bits per heavy atom. The normalized spacial score (nSPS) is 9.67. The Kier molecular flexibility index (Phi) is 2.10. The minimum absolute atomic E-state index is 0.139. The molecule has 0 aliphatic heterocycles. The van der Waals surface area contributed by atoms with E-state index in [4.69, 9.17) is 4.18 Å². The van der Waals surface area contributed by atoms with Gasteiger partial charge in [-0.2, -0.15) is 0 Å². The van der Waals surface area contributed by atoms with Gasteiger partial charge in [0.1, 0.15) is 0 Å². The maximum absolute atomic E-state index is 5.63. The zero-order valence-corrected chi connectivity index (χ0v) is 7.33. The summed E-state index contributed by atoms with van der Waals surface area (Å²) >= 11 is 0. The summed E-state index contributed by atoms with van der Waals surface area (Å²) in [5, 5.41) is 4.10. The van der Waals surface area contributed by atoms with E-state index in [9.17, 15) is 0 Å². The standard InChI is InChI=1S/C10H9OS/c1-2-6-10(7-3-1)11-12-8-4-5-9-12/h1-9H/q+1. The van der Waals surface area contributed by atoms with Crippen LogP contribution in [-0.4, -0.2) is 0 Å². The first kappa shape index (κ1) is 7.37. The van der Waals surface area contributed by atoms with Crippen molar-refractivity contribution in [1.82, 2.24) is 0 Å². The average Bonchev–Trinajstić information content (AvgIpc) is 2.59. The molecule has 2 rings (SSSR count). The predicted molar refractivity (Wildman–Crippen MR) is 51.4 cm³/mol. The molecule has 1 nitrogen and oxygen atoms in total. The lowest BCUT2D eigenvalue weighted by atomic mass is 10.3. The van der Waals surface area contributed by atoms with Gasteiger partial charge >= 0.3 is 0 Å². The molecule has 0 spiro atoms. The predicted octanol–water partition coefficient (Wildman–Crippen LogP) is 3.28. The highest BCUT2D eigenvalue weighted by Gasteiger charge is 2.03. The fourth-order valence-corrected chi connectivity index (χ4v) is 1.96. The molecule has 0 fully saturated rings. The molecular weight excluding hydrogens is 168 g/mol. The third kappa shape index (κ3) is 1.66. The molecule has 0 aliphatic rings. The van der Waals surface area contributed by atoms with Crippen molar-refractivity contribution in [2.45, 2.75) is 0 Å². The maximum Gasteiger partial charge on any atom is 0.192 e. The van der Waals surface area contributed by atoms with Gasteiger partial charge in [0.25, 0.3) is 0 Å². The van der Waals surface area contributed by atoms with Crippen molar-refractivity contribution in [1.29, 1.82) is 0 Å². The van der Waals surface area contributed by atoms with Crippen LogP contribution in [0.2, 0.25) is 0 Å². The molecule has 60 valence electrons. The van der Waals surface area contributed by atoms with Crippen LogP contribution in [0.3, 0.4) is 0 Å². The molecule has 0 bridgehead atoms. The van der Waals surface area contributed by atoms with Gasteiger partial charge in [-0.05, 0) is 24.3 Å². The molecule has 0 radical (unpaired) electrons. The van der Waals surface area contributed by atoms with Crippen LogP contribution >= 0.6 is 10.8 Å². The quantitative estimate of drug-likeness (QED) is 0.640. The molecule has 2 aromatic rings. The molecule has 0 saturated heterocycles. The molecule has 1 heterocycles. The molecule has 0 saturated carbocycles. The average molecular weight is 177 g/mol. The molecule has 0 aliphatic carbocycles. The van der Waals surface area contributed by atoms with E-state index in [1.807, 2.05) is 53.2 Å². The second-order valence-corrected chi connectivity index (χ2v) is 3.75. The van der Waals surface area contributed by atoms with E-state index in [1.54, 1.807) is 0 Å². The first-order valence-electron chi connectivity index (χ1n) is 3.75. The molecule has 0 unspecified atom stereocenters. The molecule has 1 aromatic heterocycles. The minimum Gasteiger partial charge on any atom is -0.263 e. The zero-order valence-electron chi connectivity index (χ0n) is 6.51. The fourth-order valence-electron chi connectivity index (χ4n) is 0.934. The second kappa shape index (κ2) is 3.41. The van der Waals surface area contributed by atoms with Gasteiger partial charge in [0.15, 0.2) is 27.3 Å². The summed E-state index contributed by atoms with van der Waals surface area (Å²) in [6.07, 6.45) is 0. The Hall–Kier alpha value is -1.28. The lowest BCUT2D eigenvalue weighted by Gasteiger charge is -1.91. The van der Waals surface area contributed by atoms with Crippen molar-refractivity contribution < 1.29 is 4.18 Å². The molecule has 0 amide bonds. The summed E-state index contributed by atoms with van der Waals surface area (Å²) in [5.74, 6) is 0.928. The summed E-state index contributed by atoms with van der Waals surface area (Å²) in [5.41, 5.74) is 0. The molecule has 12 heavy (non-hydrogen) atoms. The highest BCUT2D eigenvalue weighted by atomic mass is 32.2. The van der Waals surface area contributed by atoms with E-state index in [1.165, 1.54) is 0 Å². The Morgan fingerprint density at radius 2 is 1.50 bits per heavy atom. The zero-order chi connectivity index (χ0) is 8.23. The summed E-state index contributed by atoms with van der Waals surface area (Å²) in [4.78, 5) is 0. The number of benzene rings is 1. The van der Waals surface area contributed by atoms with Crippen LogP contribution in [0.1, 0.15) is 0 Å². The number of thiophene rings is 1. The molecule has 1 aromatic carbocycles. The van der Waals surface area contributed by atoms with Crippen LogP contribution in [0.25, 0.3) is 0 Å². The van der Waals surface area contributed by atoms with Crippen LogP contribution in [-0.2, 0) is 0 Å².